The topological polar surface area (TPSA) is 43.6 Å². The van der Waals surface area contributed by atoms with Crippen molar-refractivity contribution in [3.8, 4) is 73.2 Å². The van der Waals surface area contributed by atoms with E-state index >= 15 is 0 Å². The van der Waals surface area contributed by atoms with Gasteiger partial charge in [-0.1, -0.05) is 164 Å². The van der Waals surface area contributed by atoms with Crippen molar-refractivity contribution in [3.05, 3.63) is 194 Å². The average molecular weight is 653 g/mol. The van der Waals surface area contributed by atoms with Crippen LogP contribution in [-0.4, -0.2) is 19.5 Å². The van der Waals surface area contributed by atoms with Gasteiger partial charge in [0.1, 0.15) is 5.82 Å². The van der Waals surface area contributed by atoms with E-state index in [1.807, 2.05) is 42.5 Å². The molecule has 2 aromatic heterocycles. The summed E-state index contributed by atoms with van der Waals surface area (Å²) in [5.74, 6) is 1.61. The minimum Gasteiger partial charge on any atom is -0.292 e. The largest absolute Gasteiger partial charge is 0.292 e. The first-order chi connectivity index (χ1) is 25.3. The Bertz CT molecular complexity index is 2600. The van der Waals surface area contributed by atoms with Crippen molar-refractivity contribution in [3.63, 3.8) is 0 Å². The van der Waals surface area contributed by atoms with Gasteiger partial charge in [-0.2, -0.15) is 0 Å². The van der Waals surface area contributed by atoms with Crippen LogP contribution in [0.2, 0.25) is 0 Å². The molecule has 0 fully saturated rings. The highest BCUT2D eigenvalue weighted by atomic mass is 15.1. The summed E-state index contributed by atoms with van der Waals surface area (Å²) in [5.41, 5.74) is 13.3. The van der Waals surface area contributed by atoms with Crippen molar-refractivity contribution in [2.24, 2.45) is 0 Å². The first kappa shape index (κ1) is 30.2. The molecule has 7 aromatic carbocycles. The Hall–Kier alpha value is -6.91. The molecule has 51 heavy (non-hydrogen) atoms. The van der Waals surface area contributed by atoms with Crippen LogP contribution in [0.1, 0.15) is 0 Å². The molecule has 0 bridgehead atoms. The van der Waals surface area contributed by atoms with Crippen molar-refractivity contribution in [2.45, 2.75) is 0 Å². The molecule has 4 nitrogen and oxygen atoms in total. The third-order valence-corrected chi connectivity index (χ3v) is 9.24. The molecule has 2 heterocycles. The van der Waals surface area contributed by atoms with Crippen LogP contribution in [0.5, 0.6) is 0 Å². The Morgan fingerprint density at radius 3 is 1.53 bits per heavy atom. The van der Waals surface area contributed by atoms with Crippen molar-refractivity contribution in [1.82, 2.24) is 19.5 Å². The first-order valence-electron chi connectivity index (χ1n) is 17.1. The fraction of sp³-hybridized carbons (Fsp3) is 0. The monoisotopic (exact) mass is 652 g/mol. The van der Waals surface area contributed by atoms with Gasteiger partial charge in [-0.15, -0.1) is 0 Å². The van der Waals surface area contributed by atoms with E-state index in [1.165, 1.54) is 0 Å². The van der Waals surface area contributed by atoms with Gasteiger partial charge in [0.25, 0.3) is 0 Å². The van der Waals surface area contributed by atoms with Gasteiger partial charge in [0.2, 0.25) is 0 Å². The van der Waals surface area contributed by atoms with Crippen LogP contribution in [0.15, 0.2) is 194 Å². The molecule has 0 saturated heterocycles. The smallest absolute Gasteiger partial charge is 0.160 e. The van der Waals surface area contributed by atoms with Gasteiger partial charge in [-0.05, 0) is 47.0 Å². The zero-order valence-corrected chi connectivity index (χ0v) is 27.8. The lowest BCUT2D eigenvalue weighted by molar-refractivity contribution is 1.10. The van der Waals surface area contributed by atoms with E-state index in [1.54, 1.807) is 0 Å². The highest BCUT2D eigenvalue weighted by Gasteiger charge is 2.21. The van der Waals surface area contributed by atoms with E-state index in [0.29, 0.717) is 5.82 Å². The Labute approximate surface area is 297 Å². The molecule has 0 radical (unpaired) electrons. The second-order valence-electron chi connectivity index (χ2n) is 12.5. The average Bonchev–Trinajstić information content (AvgIpc) is 3.62. The second-order valence-corrected chi connectivity index (χ2v) is 12.5. The lowest BCUT2D eigenvalue weighted by Gasteiger charge is -2.17. The number of aromatic nitrogens is 4. The zero-order valence-electron chi connectivity index (χ0n) is 27.8. The maximum absolute atomic E-state index is 5.30. The summed E-state index contributed by atoms with van der Waals surface area (Å²) in [5, 5.41) is 0. The van der Waals surface area contributed by atoms with Gasteiger partial charge in [-0.25, -0.2) is 15.0 Å². The lowest BCUT2D eigenvalue weighted by Crippen LogP contribution is -2.01. The molecule has 4 heteroatoms. The van der Waals surface area contributed by atoms with E-state index in [0.717, 1.165) is 78.4 Å². The van der Waals surface area contributed by atoms with Crippen molar-refractivity contribution >= 4 is 11.0 Å². The molecule has 0 aliphatic rings. The maximum atomic E-state index is 5.30. The van der Waals surface area contributed by atoms with Crippen LogP contribution in [-0.2, 0) is 0 Å². The Balaban J connectivity index is 1.18. The number of para-hydroxylation sites is 3. The predicted octanol–water partition coefficient (Wildman–Crippen LogP) is 11.8. The van der Waals surface area contributed by atoms with Gasteiger partial charge in [-0.3, -0.25) is 4.57 Å². The Kier molecular flexibility index (Phi) is 7.80. The minimum absolute atomic E-state index is 0.695. The SMILES string of the molecule is c1ccc(-c2nc(-c3ccccc3)c(-c3ccccc3)c(-c3cccc(-c4ccc(-c5nc6ccccc6n5-c5ccccc5)cc4)c3)n2)cc1. The normalized spacial score (nSPS) is 11.1. The molecule has 0 N–H and O–H groups in total. The number of hydrogen-bond donors (Lipinski definition) is 0. The van der Waals surface area contributed by atoms with E-state index in [9.17, 15) is 0 Å². The molecule has 9 rings (SSSR count). The summed E-state index contributed by atoms with van der Waals surface area (Å²) in [6, 6.07) is 67.2. The lowest BCUT2D eigenvalue weighted by atomic mass is 9.92. The fourth-order valence-electron chi connectivity index (χ4n) is 6.79. The van der Waals surface area contributed by atoms with E-state index in [2.05, 4.69) is 156 Å². The van der Waals surface area contributed by atoms with Gasteiger partial charge in [0.15, 0.2) is 5.82 Å². The predicted molar refractivity (Wildman–Crippen MR) is 209 cm³/mol. The van der Waals surface area contributed by atoms with Gasteiger partial charge in [0, 0.05) is 33.5 Å². The van der Waals surface area contributed by atoms with Crippen molar-refractivity contribution < 1.29 is 0 Å². The molecule has 0 saturated carbocycles. The highest BCUT2D eigenvalue weighted by molar-refractivity contribution is 5.93. The molecule has 0 aliphatic carbocycles. The van der Waals surface area contributed by atoms with Gasteiger partial charge >= 0.3 is 0 Å². The zero-order chi connectivity index (χ0) is 34.0. The number of imidazole rings is 1. The summed E-state index contributed by atoms with van der Waals surface area (Å²) in [6.07, 6.45) is 0. The summed E-state index contributed by atoms with van der Waals surface area (Å²) in [7, 11) is 0. The quantitative estimate of drug-likeness (QED) is 0.172. The van der Waals surface area contributed by atoms with Crippen molar-refractivity contribution in [1.29, 1.82) is 0 Å². The van der Waals surface area contributed by atoms with Crippen LogP contribution < -0.4 is 0 Å². The second kappa shape index (κ2) is 13.2. The molecular weight excluding hydrogens is 621 g/mol. The number of benzene rings is 7. The Morgan fingerprint density at radius 2 is 0.843 bits per heavy atom. The molecular formula is C47H32N4. The molecule has 0 atom stereocenters. The Morgan fingerprint density at radius 1 is 0.333 bits per heavy atom. The molecule has 240 valence electrons. The van der Waals surface area contributed by atoms with Crippen LogP contribution in [0.4, 0.5) is 0 Å². The highest BCUT2D eigenvalue weighted by Crippen LogP contribution is 2.40. The van der Waals surface area contributed by atoms with E-state index < -0.39 is 0 Å². The van der Waals surface area contributed by atoms with Gasteiger partial charge < -0.3 is 0 Å². The number of nitrogens with zero attached hydrogens (tertiary/aromatic N) is 4. The summed E-state index contributed by atoms with van der Waals surface area (Å²) < 4.78 is 2.24. The first-order valence-corrected chi connectivity index (χ1v) is 17.1. The van der Waals surface area contributed by atoms with Crippen LogP contribution >= 0.6 is 0 Å². The van der Waals surface area contributed by atoms with Gasteiger partial charge in [0.05, 0.1) is 22.4 Å². The van der Waals surface area contributed by atoms with Crippen molar-refractivity contribution in [2.75, 3.05) is 0 Å². The van der Waals surface area contributed by atoms with Crippen LogP contribution in [0.25, 0.3) is 84.3 Å². The summed E-state index contributed by atoms with van der Waals surface area (Å²) >= 11 is 0. The van der Waals surface area contributed by atoms with E-state index in [-0.39, 0.29) is 0 Å². The van der Waals surface area contributed by atoms with E-state index in [4.69, 9.17) is 15.0 Å². The fourth-order valence-corrected chi connectivity index (χ4v) is 6.79. The number of rotatable bonds is 7. The number of hydrogen-bond acceptors (Lipinski definition) is 3. The number of fused-ring (bicyclic) bond motifs is 1. The summed E-state index contributed by atoms with van der Waals surface area (Å²) in [4.78, 5) is 15.6. The third kappa shape index (κ3) is 5.79. The van der Waals surface area contributed by atoms with Crippen LogP contribution in [0.3, 0.4) is 0 Å². The standard InChI is InChI=1S/C47H32N4/c1-5-16-34(17-6-1)43-44(35-18-7-2-8-19-35)49-46(36-20-9-3-10-21-36)50-45(43)39-23-15-22-38(32-39)33-28-30-37(31-29-33)47-48-41-26-13-14-27-42(41)51(47)40-24-11-4-12-25-40/h1-32H. The third-order valence-electron chi connectivity index (χ3n) is 9.24. The molecule has 0 unspecified atom stereocenters. The molecule has 0 amide bonds. The minimum atomic E-state index is 0.695. The molecule has 9 aromatic rings. The van der Waals surface area contributed by atoms with Crippen LogP contribution in [0, 0.1) is 0 Å². The maximum Gasteiger partial charge on any atom is 0.160 e. The molecule has 0 aliphatic heterocycles. The molecule has 0 spiro atoms. The summed E-state index contributed by atoms with van der Waals surface area (Å²) in [6.45, 7) is 0.